The normalized spacial score (nSPS) is 19.5. The Kier molecular flexibility index (Phi) is 6.77. The Hall–Kier alpha value is -1.87. The van der Waals surface area contributed by atoms with E-state index in [4.69, 9.17) is 38.7 Å². The summed E-state index contributed by atoms with van der Waals surface area (Å²) >= 11 is 12.1. The van der Waals surface area contributed by atoms with Gasteiger partial charge in [0.15, 0.2) is 11.0 Å². The number of hydrogen-bond donors (Lipinski definition) is 2. The highest BCUT2D eigenvalue weighted by atomic mass is 35.5. The van der Waals surface area contributed by atoms with Gasteiger partial charge in [0.1, 0.15) is 22.3 Å². The summed E-state index contributed by atoms with van der Waals surface area (Å²) in [7, 11) is 1.85. The molecule has 1 unspecified atom stereocenters. The summed E-state index contributed by atoms with van der Waals surface area (Å²) in [5.41, 5.74) is 9.85. The van der Waals surface area contributed by atoms with Gasteiger partial charge in [-0.15, -0.1) is 0 Å². The number of nitrogens with two attached hydrogens (primary N) is 1. The molecule has 4 rings (SSSR count). The molecule has 2 aliphatic rings. The summed E-state index contributed by atoms with van der Waals surface area (Å²) in [6.07, 6.45) is 4.76. The maximum absolute atomic E-state index is 6.17. The van der Waals surface area contributed by atoms with Crippen LogP contribution in [0.5, 0.6) is 5.75 Å². The zero-order valence-corrected chi connectivity index (χ0v) is 17.7. The predicted octanol–water partition coefficient (Wildman–Crippen LogP) is 3.48. The van der Waals surface area contributed by atoms with Gasteiger partial charge >= 0.3 is 0 Å². The lowest BCUT2D eigenvalue weighted by Crippen LogP contribution is -2.40. The zero-order chi connectivity index (χ0) is 20.3. The van der Waals surface area contributed by atoms with Crippen LogP contribution in [0.25, 0.3) is 0 Å². The highest BCUT2D eigenvalue weighted by molar-refractivity contribution is 6.42. The number of nitrogens with zero attached hydrogens (tertiary/aromatic N) is 5. The van der Waals surface area contributed by atoms with E-state index in [0.717, 1.165) is 31.7 Å². The molecule has 3 N–H and O–H groups in total. The Morgan fingerprint density at radius 2 is 1.93 bits per heavy atom. The van der Waals surface area contributed by atoms with E-state index in [9.17, 15) is 0 Å². The molecule has 4 heterocycles. The first-order chi connectivity index (χ1) is 13.5. The quantitative estimate of drug-likeness (QED) is 0.721. The van der Waals surface area contributed by atoms with Crippen LogP contribution in [0.2, 0.25) is 10.2 Å². The number of pyridine rings is 1. The molecule has 1 saturated heterocycles. The maximum Gasteiger partial charge on any atom is 0.215 e. The number of rotatable bonds is 3. The fraction of sp³-hybridized carbons (Fsp3) is 0.500. The van der Waals surface area contributed by atoms with Crippen LogP contribution in [0, 0.1) is 0 Å². The van der Waals surface area contributed by atoms with Gasteiger partial charge in [-0.05, 0) is 12.8 Å². The third kappa shape index (κ3) is 4.25. The molecule has 0 spiro atoms. The van der Waals surface area contributed by atoms with Crippen LogP contribution in [0.1, 0.15) is 38.6 Å². The molecular formula is C18H25Cl2N7O. The number of hydrogen-bond acceptors (Lipinski definition) is 8. The minimum absolute atomic E-state index is 0.197. The van der Waals surface area contributed by atoms with Gasteiger partial charge in [-0.1, -0.05) is 37.0 Å². The predicted molar refractivity (Wildman–Crippen MR) is 112 cm³/mol. The van der Waals surface area contributed by atoms with Crippen LogP contribution in [-0.4, -0.2) is 46.1 Å². The molecule has 8 nitrogen and oxygen atoms in total. The van der Waals surface area contributed by atoms with Crippen LogP contribution in [0.15, 0.2) is 18.5 Å². The number of aromatic nitrogens is 3. The molecule has 1 fully saturated rings. The standard InChI is InChI=1S/C16H19Cl2N7O.C2H6/c1-24-16(26-10-2-5-20-14(18)12(10)17)13-15(23-24)22-11(8-21-13)25-6-3-9(19)4-7-25;1-2/h2,5,8-9,16H,3-4,6-7,19H2,1H3,(H,22,23);1-2H3. The molecule has 28 heavy (non-hydrogen) atoms. The molecule has 0 radical (unpaired) electrons. The molecule has 1 atom stereocenters. The molecule has 0 amide bonds. The monoisotopic (exact) mass is 425 g/mol. The largest absolute Gasteiger partial charge is 0.466 e. The van der Waals surface area contributed by atoms with E-state index in [1.807, 2.05) is 20.9 Å². The van der Waals surface area contributed by atoms with Gasteiger partial charge in [0.25, 0.3) is 0 Å². The van der Waals surface area contributed by atoms with Crippen molar-refractivity contribution in [2.45, 2.75) is 39.0 Å². The van der Waals surface area contributed by atoms with Crippen molar-refractivity contribution in [3.8, 4) is 5.75 Å². The average molecular weight is 426 g/mol. The first-order valence-corrected chi connectivity index (χ1v) is 10.1. The second-order valence-electron chi connectivity index (χ2n) is 6.39. The van der Waals surface area contributed by atoms with Crippen molar-refractivity contribution < 1.29 is 4.74 Å². The molecule has 10 heteroatoms. The maximum atomic E-state index is 6.17. The summed E-state index contributed by atoms with van der Waals surface area (Å²) in [5.74, 6) is 1.94. The molecule has 2 aromatic rings. The second-order valence-corrected chi connectivity index (χ2v) is 7.13. The van der Waals surface area contributed by atoms with Gasteiger partial charge in [0.05, 0.1) is 6.20 Å². The van der Waals surface area contributed by atoms with Crippen molar-refractivity contribution in [3.63, 3.8) is 0 Å². The van der Waals surface area contributed by atoms with E-state index < -0.39 is 6.23 Å². The first-order valence-electron chi connectivity index (χ1n) is 9.36. The van der Waals surface area contributed by atoms with Crippen molar-refractivity contribution >= 4 is 34.8 Å². The number of piperidine rings is 1. The molecule has 152 valence electrons. The number of nitrogens with one attached hydrogen (secondary N) is 1. The minimum atomic E-state index is -0.475. The van der Waals surface area contributed by atoms with Gasteiger partial charge in [0.2, 0.25) is 6.23 Å². The van der Waals surface area contributed by atoms with E-state index in [2.05, 4.69) is 20.3 Å². The first kappa shape index (κ1) is 20.9. The van der Waals surface area contributed by atoms with Crippen LogP contribution in [0.4, 0.5) is 11.6 Å². The van der Waals surface area contributed by atoms with Crippen molar-refractivity contribution in [2.24, 2.45) is 5.73 Å². The Morgan fingerprint density at radius 3 is 2.64 bits per heavy atom. The molecule has 2 aliphatic heterocycles. The van der Waals surface area contributed by atoms with Gasteiger partial charge in [0, 0.05) is 38.4 Å². The fourth-order valence-electron chi connectivity index (χ4n) is 3.09. The van der Waals surface area contributed by atoms with Gasteiger partial charge in [-0.3, -0.25) is 5.43 Å². The van der Waals surface area contributed by atoms with Gasteiger partial charge in [-0.2, -0.15) is 5.01 Å². The van der Waals surface area contributed by atoms with Gasteiger partial charge < -0.3 is 15.4 Å². The van der Waals surface area contributed by atoms with E-state index >= 15 is 0 Å². The van der Waals surface area contributed by atoms with Crippen molar-refractivity contribution in [1.29, 1.82) is 0 Å². The summed E-state index contributed by atoms with van der Waals surface area (Å²) in [6.45, 7) is 5.77. The van der Waals surface area contributed by atoms with Crippen molar-refractivity contribution in [1.82, 2.24) is 20.0 Å². The number of fused-ring (bicyclic) bond motifs is 1. The third-order valence-electron chi connectivity index (χ3n) is 4.57. The van der Waals surface area contributed by atoms with Crippen molar-refractivity contribution in [3.05, 3.63) is 34.3 Å². The number of hydrazine groups is 1. The third-order valence-corrected chi connectivity index (χ3v) is 5.32. The molecule has 0 bridgehead atoms. The summed E-state index contributed by atoms with van der Waals surface area (Å²) in [5, 5.41) is 2.25. The van der Waals surface area contributed by atoms with E-state index in [1.54, 1.807) is 23.5 Å². The topological polar surface area (TPSA) is 92.4 Å². The molecule has 0 aromatic carbocycles. The lowest BCUT2D eigenvalue weighted by atomic mass is 10.1. The summed E-state index contributed by atoms with van der Waals surface area (Å²) in [4.78, 5) is 15.4. The Bertz CT molecular complexity index is 815. The number of ether oxygens (including phenoxy) is 1. The highest BCUT2D eigenvalue weighted by Gasteiger charge is 2.33. The Morgan fingerprint density at radius 1 is 1.21 bits per heavy atom. The van der Waals surface area contributed by atoms with Crippen LogP contribution in [-0.2, 0) is 0 Å². The SMILES string of the molecule is CC.CN1Nc2nc(N3CCC(N)CC3)cnc2C1Oc1ccnc(Cl)c1Cl. The zero-order valence-electron chi connectivity index (χ0n) is 16.2. The van der Waals surface area contributed by atoms with E-state index in [0.29, 0.717) is 17.3 Å². The van der Waals surface area contributed by atoms with E-state index in [-0.39, 0.29) is 16.2 Å². The Labute approximate surface area is 175 Å². The minimum Gasteiger partial charge on any atom is -0.466 e. The Balaban J connectivity index is 0.00000109. The highest BCUT2D eigenvalue weighted by Crippen LogP contribution is 2.38. The summed E-state index contributed by atoms with van der Waals surface area (Å²) in [6, 6.07) is 1.94. The average Bonchev–Trinajstić information content (AvgIpc) is 3.02. The molecular weight excluding hydrogens is 401 g/mol. The second kappa shape index (κ2) is 9.09. The van der Waals surface area contributed by atoms with E-state index in [1.165, 1.54) is 0 Å². The lowest BCUT2D eigenvalue weighted by molar-refractivity contribution is 0.0734. The number of halogens is 2. The lowest BCUT2D eigenvalue weighted by Gasteiger charge is -2.30. The fourth-order valence-corrected chi connectivity index (χ4v) is 3.40. The molecule has 2 aromatic heterocycles. The van der Waals surface area contributed by atoms with Crippen LogP contribution in [0.3, 0.4) is 0 Å². The number of anilines is 2. The van der Waals surface area contributed by atoms with Crippen molar-refractivity contribution in [2.75, 3.05) is 30.5 Å². The summed E-state index contributed by atoms with van der Waals surface area (Å²) < 4.78 is 6.00. The van der Waals surface area contributed by atoms with Gasteiger partial charge in [-0.25, -0.2) is 15.0 Å². The molecule has 0 saturated carbocycles. The van der Waals surface area contributed by atoms with Crippen LogP contribution < -0.4 is 20.8 Å². The smallest absolute Gasteiger partial charge is 0.215 e. The molecule has 0 aliphatic carbocycles. The van der Waals surface area contributed by atoms with Crippen LogP contribution >= 0.6 is 23.2 Å².